The third-order valence-electron chi connectivity index (χ3n) is 4.82. The Morgan fingerprint density at radius 2 is 1.80 bits per heavy atom. The number of imide groups is 1. The number of halogens is 1. The van der Waals surface area contributed by atoms with Crippen LogP contribution >= 0.6 is 15.9 Å². The molecule has 136 valence electrons. The molecule has 1 aromatic rings. The van der Waals surface area contributed by atoms with Crippen molar-refractivity contribution in [2.45, 2.75) is 71.1 Å². The van der Waals surface area contributed by atoms with Gasteiger partial charge >= 0.3 is 6.09 Å². The minimum atomic E-state index is -0.960. The Kier molecular flexibility index (Phi) is 4.34. The summed E-state index contributed by atoms with van der Waals surface area (Å²) >= 11 is 3.30. The largest absolute Gasteiger partial charge is 0.443 e. The number of rotatable bonds is 0. The van der Waals surface area contributed by atoms with Gasteiger partial charge in [-0.2, -0.15) is 0 Å². The lowest BCUT2D eigenvalue weighted by molar-refractivity contribution is -0.0209. The molecule has 1 aliphatic heterocycles. The Morgan fingerprint density at radius 1 is 1.20 bits per heavy atom. The van der Waals surface area contributed by atoms with Crippen LogP contribution in [0.4, 0.5) is 4.79 Å². The molecule has 0 atom stereocenters. The smallest absolute Gasteiger partial charge is 0.419 e. The van der Waals surface area contributed by atoms with E-state index in [0.29, 0.717) is 28.6 Å². The van der Waals surface area contributed by atoms with E-state index >= 15 is 0 Å². The fraction of sp³-hybridized carbons (Fsp3) is 0.611. The predicted octanol–water partition coefficient (Wildman–Crippen LogP) is 3.93. The summed E-state index contributed by atoms with van der Waals surface area (Å²) < 4.78 is 7.43. The SMILES string of the molecule is Cc1cc(Br)c(=O)n2c1C(=O)N(C(=O)OC(C)(C)C)C21CCCCC1. The molecule has 0 radical (unpaired) electrons. The van der Waals surface area contributed by atoms with E-state index in [2.05, 4.69) is 15.9 Å². The van der Waals surface area contributed by atoms with Gasteiger partial charge in [0.15, 0.2) is 0 Å². The molecule has 0 N–H and O–H groups in total. The number of amides is 2. The van der Waals surface area contributed by atoms with Crippen LogP contribution < -0.4 is 5.56 Å². The normalized spacial score (nSPS) is 19.2. The van der Waals surface area contributed by atoms with Gasteiger partial charge in [-0.05, 0) is 80.9 Å². The predicted molar refractivity (Wildman–Crippen MR) is 96.6 cm³/mol. The standard InChI is InChI=1S/C18H23BrN2O4/c1-11-10-12(19)14(22)20-13(11)15(23)21(16(24)25-17(2,3)4)18(20)8-6-5-7-9-18/h10H,5-9H2,1-4H3. The maximum atomic E-state index is 13.1. The van der Waals surface area contributed by atoms with E-state index in [-0.39, 0.29) is 5.56 Å². The fourth-order valence-corrected chi connectivity index (χ4v) is 4.41. The maximum absolute atomic E-state index is 13.1. The second kappa shape index (κ2) is 5.97. The van der Waals surface area contributed by atoms with E-state index < -0.39 is 23.3 Å². The quantitative estimate of drug-likeness (QED) is 0.649. The minimum Gasteiger partial charge on any atom is -0.443 e. The van der Waals surface area contributed by atoms with Crippen LogP contribution in [0, 0.1) is 6.92 Å². The molecule has 7 heteroatoms. The lowest BCUT2D eigenvalue weighted by Gasteiger charge is -2.41. The van der Waals surface area contributed by atoms with E-state index in [1.165, 1.54) is 9.47 Å². The van der Waals surface area contributed by atoms with Gasteiger partial charge < -0.3 is 4.74 Å². The van der Waals surface area contributed by atoms with Crippen LogP contribution in [0.25, 0.3) is 0 Å². The van der Waals surface area contributed by atoms with Crippen molar-refractivity contribution in [3.8, 4) is 0 Å². The van der Waals surface area contributed by atoms with Crippen LogP contribution in [0.1, 0.15) is 68.9 Å². The summed E-state index contributed by atoms with van der Waals surface area (Å²) in [6.07, 6.45) is 3.18. The number of carbonyl (C=O) groups excluding carboxylic acids is 2. The molecule has 25 heavy (non-hydrogen) atoms. The van der Waals surface area contributed by atoms with Crippen LogP contribution in [0.2, 0.25) is 0 Å². The van der Waals surface area contributed by atoms with Gasteiger partial charge in [-0.15, -0.1) is 0 Å². The summed E-state index contributed by atoms with van der Waals surface area (Å²) in [6, 6.07) is 1.64. The number of ether oxygens (including phenoxy) is 1. The molecular formula is C18H23BrN2O4. The highest BCUT2D eigenvalue weighted by molar-refractivity contribution is 9.10. The number of nitrogens with zero attached hydrogens (tertiary/aromatic N) is 2. The van der Waals surface area contributed by atoms with Crippen molar-refractivity contribution in [2.24, 2.45) is 0 Å². The number of fused-ring (bicyclic) bond motifs is 2. The fourth-order valence-electron chi connectivity index (χ4n) is 3.89. The summed E-state index contributed by atoms with van der Waals surface area (Å²) in [7, 11) is 0. The van der Waals surface area contributed by atoms with E-state index in [0.717, 1.165) is 19.3 Å². The van der Waals surface area contributed by atoms with Gasteiger partial charge in [-0.1, -0.05) is 6.42 Å². The molecule has 0 unspecified atom stereocenters. The molecule has 1 aliphatic carbocycles. The Balaban J connectivity index is 2.22. The number of hydrogen-bond donors (Lipinski definition) is 0. The molecule has 2 amide bonds. The summed E-state index contributed by atoms with van der Waals surface area (Å²) in [5.41, 5.74) is -0.989. The maximum Gasteiger partial charge on any atom is 0.419 e. The molecular weight excluding hydrogens is 388 g/mol. The Bertz CT molecular complexity index is 801. The van der Waals surface area contributed by atoms with Crippen LogP contribution in [0.3, 0.4) is 0 Å². The summed E-state index contributed by atoms with van der Waals surface area (Å²) in [4.78, 5) is 40.1. The minimum absolute atomic E-state index is 0.276. The average molecular weight is 411 g/mol. The van der Waals surface area contributed by atoms with Gasteiger partial charge in [-0.25, -0.2) is 9.69 Å². The monoisotopic (exact) mass is 410 g/mol. The van der Waals surface area contributed by atoms with Crippen molar-refractivity contribution in [1.29, 1.82) is 0 Å². The molecule has 0 saturated heterocycles. The van der Waals surface area contributed by atoms with Gasteiger partial charge in [0.2, 0.25) is 0 Å². The molecule has 0 bridgehead atoms. The van der Waals surface area contributed by atoms with Gasteiger partial charge in [0, 0.05) is 0 Å². The Hall–Kier alpha value is -1.63. The third-order valence-corrected chi connectivity index (χ3v) is 5.38. The average Bonchev–Trinajstić information content (AvgIpc) is 2.73. The zero-order valence-corrected chi connectivity index (χ0v) is 16.6. The number of pyridine rings is 1. The summed E-state index contributed by atoms with van der Waals surface area (Å²) in [5.74, 6) is -0.446. The Labute approximate surface area is 155 Å². The summed E-state index contributed by atoms with van der Waals surface area (Å²) in [5, 5.41) is 0. The van der Waals surface area contributed by atoms with E-state index in [9.17, 15) is 14.4 Å². The zero-order chi connectivity index (χ0) is 18.6. The Morgan fingerprint density at radius 3 is 2.36 bits per heavy atom. The highest BCUT2D eigenvalue weighted by atomic mass is 79.9. The second-order valence-corrected chi connectivity index (χ2v) is 8.68. The van der Waals surface area contributed by atoms with Gasteiger partial charge in [0.05, 0.1) is 4.47 Å². The van der Waals surface area contributed by atoms with Crippen molar-refractivity contribution in [1.82, 2.24) is 9.47 Å². The molecule has 1 aromatic heterocycles. The molecule has 2 heterocycles. The van der Waals surface area contributed by atoms with Crippen molar-refractivity contribution < 1.29 is 14.3 Å². The lowest BCUT2D eigenvalue weighted by atomic mass is 9.88. The van der Waals surface area contributed by atoms with Gasteiger partial charge in [-0.3, -0.25) is 14.2 Å². The highest BCUT2D eigenvalue weighted by Crippen LogP contribution is 2.44. The molecule has 0 aromatic carbocycles. The number of aromatic nitrogens is 1. The van der Waals surface area contributed by atoms with Crippen LogP contribution in [0.5, 0.6) is 0 Å². The molecule has 1 spiro atoms. The first-order valence-electron chi connectivity index (χ1n) is 8.59. The second-order valence-electron chi connectivity index (χ2n) is 7.83. The number of aryl methyl sites for hydroxylation is 1. The summed E-state index contributed by atoms with van der Waals surface area (Å²) in [6.45, 7) is 7.07. The van der Waals surface area contributed by atoms with Crippen molar-refractivity contribution in [3.05, 3.63) is 32.2 Å². The van der Waals surface area contributed by atoms with Crippen LogP contribution in [-0.2, 0) is 10.4 Å². The molecule has 1 fully saturated rings. The van der Waals surface area contributed by atoms with E-state index in [4.69, 9.17) is 4.74 Å². The van der Waals surface area contributed by atoms with E-state index in [1.54, 1.807) is 33.8 Å². The molecule has 3 rings (SSSR count). The first kappa shape index (κ1) is 18.2. The zero-order valence-electron chi connectivity index (χ0n) is 15.0. The number of carbonyl (C=O) groups is 2. The van der Waals surface area contributed by atoms with Crippen LogP contribution in [-0.4, -0.2) is 27.1 Å². The first-order chi connectivity index (χ1) is 11.6. The topological polar surface area (TPSA) is 68.6 Å². The van der Waals surface area contributed by atoms with Crippen LogP contribution in [0.15, 0.2) is 15.3 Å². The molecule has 1 saturated carbocycles. The molecule has 6 nitrogen and oxygen atoms in total. The van der Waals surface area contributed by atoms with Gasteiger partial charge in [0.1, 0.15) is 17.0 Å². The van der Waals surface area contributed by atoms with E-state index in [1.807, 2.05) is 0 Å². The first-order valence-corrected chi connectivity index (χ1v) is 9.38. The third kappa shape index (κ3) is 2.82. The lowest BCUT2D eigenvalue weighted by Crippen LogP contribution is -2.54. The highest BCUT2D eigenvalue weighted by Gasteiger charge is 2.55. The van der Waals surface area contributed by atoms with Crippen molar-refractivity contribution >= 4 is 27.9 Å². The van der Waals surface area contributed by atoms with Crippen molar-refractivity contribution in [3.63, 3.8) is 0 Å². The molecule has 2 aliphatic rings. The van der Waals surface area contributed by atoms with Gasteiger partial charge in [0.25, 0.3) is 11.5 Å². The van der Waals surface area contributed by atoms with Crippen molar-refractivity contribution in [2.75, 3.05) is 0 Å². The number of hydrogen-bond acceptors (Lipinski definition) is 4.